The number of hydrogen-bond acceptors (Lipinski definition) is 1. The maximum atomic E-state index is 12.6. The molecule has 2 aromatic rings. The molecule has 0 aliphatic carbocycles. The van der Waals surface area contributed by atoms with Gasteiger partial charge in [0, 0.05) is 18.2 Å². The Morgan fingerprint density at radius 3 is 2.14 bits per heavy atom. The van der Waals surface area contributed by atoms with Gasteiger partial charge in [0.05, 0.1) is 5.38 Å². The van der Waals surface area contributed by atoms with Gasteiger partial charge in [-0.15, -0.1) is 11.6 Å². The molecular weight excluding hydrogens is 341 g/mol. The summed E-state index contributed by atoms with van der Waals surface area (Å²) in [6, 6.07) is 18.9. The first-order valence-electron chi connectivity index (χ1n) is 6.95. The summed E-state index contributed by atoms with van der Waals surface area (Å²) in [5.41, 5.74) is 1.68. The van der Waals surface area contributed by atoms with Crippen LogP contribution < -0.4 is 4.90 Å². The standard InChI is InChI=1S/C17H14Cl3NO/c18-15(12-7-3-1-4-8-12)14-11-21(16(22)17(14,19)20)13-9-5-2-6-10-13/h1-10,14-15H,11H2/t14-,15?/m1/s1. The number of carbonyl (C=O) groups excluding carboxylic acids is 1. The van der Waals surface area contributed by atoms with Crippen LogP contribution in [0.15, 0.2) is 60.7 Å². The van der Waals surface area contributed by atoms with Crippen LogP contribution >= 0.6 is 34.8 Å². The van der Waals surface area contributed by atoms with Gasteiger partial charge >= 0.3 is 0 Å². The van der Waals surface area contributed by atoms with Gasteiger partial charge in [-0.05, 0) is 17.7 Å². The van der Waals surface area contributed by atoms with Crippen LogP contribution in [-0.4, -0.2) is 16.8 Å². The average Bonchev–Trinajstić information content (AvgIpc) is 2.79. The van der Waals surface area contributed by atoms with Crippen LogP contribution in [0.1, 0.15) is 10.9 Å². The van der Waals surface area contributed by atoms with E-state index < -0.39 is 15.6 Å². The van der Waals surface area contributed by atoms with Crippen LogP contribution in [0.5, 0.6) is 0 Å². The van der Waals surface area contributed by atoms with E-state index in [1.165, 1.54) is 0 Å². The highest BCUT2D eigenvalue weighted by Crippen LogP contribution is 2.48. The molecule has 0 N–H and O–H groups in total. The molecule has 22 heavy (non-hydrogen) atoms. The molecule has 5 heteroatoms. The molecule has 3 rings (SSSR count). The minimum atomic E-state index is -1.53. The quantitative estimate of drug-likeness (QED) is 0.725. The zero-order valence-corrected chi connectivity index (χ0v) is 13.9. The summed E-state index contributed by atoms with van der Waals surface area (Å²) in [6.45, 7) is 0.388. The summed E-state index contributed by atoms with van der Waals surface area (Å²) < 4.78 is -1.53. The molecule has 1 unspecified atom stereocenters. The number of benzene rings is 2. The molecule has 1 heterocycles. The maximum absolute atomic E-state index is 12.6. The first-order valence-corrected chi connectivity index (χ1v) is 8.15. The van der Waals surface area contributed by atoms with Crippen molar-refractivity contribution >= 4 is 46.4 Å². The van der Waals surface area contributed by atoms with Crippen molar-refractivity contribution in [2.75, 3.05) is 11.4 Å². The van der Waals surface area contributed by atoms with Crippen LogP contribution in [0.4, 0.5) is 5.69 Å². The molecule has 1 aliphatic rings. The van der Waals surface area contributed by atoms with Gasteiger partial charge in [0.25, 0.3) is 5.91 Å². The Balaban J connectivity index is 1.91. The minimum Gasteiger partial charge on any atom is -0.309 e. The molecule has 2 aromatic carbocycles. The molecule has 1 fully saturated rings. The highest BCUT2D eigenvalue weighted by atomic mass is 35.5. The Kier molecular flexibility index (Phi) is 4.35. The second-order valence-corrected chi connectivity index (χ2v) is 7.15. The molecule has 0 saturated carbocycles. The lowest BCUT2D eigenvalue weighted by atomic mass is 9.97. The highest BCUT2D eigenvalue weighted by molar-refractivity contribution is 6.60. The summed E-state index contributed by atoms with van der Waals surface area (Å²) in [5.74, 6) is -0.721. The first kappa shape index (κ1) is 15.7. The van der Waals surface area contributed by atoms with Gasteiger partial charge in [0.2, 0.25) is 4.33 Å². The van der Waals surface area contributed by atoms with E-state index in [2.05, 4.69) is 0 Å². The fraction of sp³-hybridized carbons (Fsp3) is 0.235. The molecular formula is C17H14Cl3NO. The van der Waals surface area contributed by atoms with E-state index in [1.54, 1.807) is 4.90 Å². The topological polar surface area (TPSA) is 20.3 Å². The number of alkyl halides is 3. The fourth-order valence-electron chi connectivity index (χ4n) is 2.71. The zero-order chi connectivity index (χ0) is 15.7. The van der Waals surface area contributed by atoms with E-state index in [0.717, 1.165) is 11.3 Å². The van der Waals surface area contributed by atoms with Crippen LogP contribution in [0.25, 0.3) is 0 Å². The third-order valence-corrected chi connectivity index (χ3v) is 5.35. The highest BCUT2D eigenvalue weighted by Gasteiger charge is 2.55. The fourth-order valence-corrected chi connectivity index (χ4v) is 3.85. The van der Waals surface area contributed by atoms with E-state index in [0.29, 0.717) is 6.54 Å². The van der Waals surface area contributed by atoms with E-state index in [-0.39, 0.29) is 5.91 Å². The van der Waals surface area contributed by atoms with Gasteiger partial charge in [-0.1, -0.05) is 71.7 Å². The van der Waals surface area contributed by atoms with Crippen LogP contribution in [0.3, 0.4) is 0 Å². The predicted molar refractivity (Wildman–Crippen MR) is 91.8 cm³/mol. The molecule has 0 aromatic heterocycles. The van der Waals surface area contributed by atoms with Gasteiger partial charge < -0.3 is 4.90 Å². The normalized spacial score (nSPS) is 21.9. The summed E-state index contributed by atoms with van der Waals surface area (Å²) in [4.78, 5) is 14.2. The van der Waals surface area contributed by atoms with Gasteiger partial charge in [-0.2, -0.15) is 0 Å². The Bertz CT molecular complexity index is 660. The van der Waals surface area contributed by atoms with Crippen molar-refractivity contribution in [3.63, 3.8) is 0 Å². The van der Waals surface area contributed by atoms with E-state index in [9.17, 15) is 4.79 Å². The van der Waals surface area contributed by atoms with E-state index in [1.807, 2.05) is 60.7 Å². The molecule has 114 valence electrons. The van der Waals surface area contributed by atoms with Gasteiger partial charge in [-0.25, -0.2) is 0 Å². The second-order valence-electron chi connectivity index (χ2n) is 5.29. The van der Waals surface area contributed by atoms with Gasteiger partial charge in [0.1, 0.15) is 0 Å². The average molecular weight is 355 g/mol. The molecule has 0 spiro atoms. The van der Waals surface area contributed by atoms with E-state index in [4.69, 9.17) is 34.8 Å². The number of anilines is 1. The smallest absolute Gasteiger partial charge is 0.263 e. The number of para-hydroxylation sites is 1. The van der Waals surface area contributed by atoms with Crippen molar-refractivity contribution in [2.45, 2.75) is 9.71 Å². The summed E-state index contributed by atoms with van der Waals surface area (Å²) in [5, 5.41) is -0.436. The molecule has 1 amide bonds. The second kappa shape index (κ2) is 6.11. The number of halogens is 3. The van der Waals surface area contributed by atoms with Crippen molar-refractivity contribution in [1.29, 1.82) is 0 Å². The van der Waals surface area contributed by atoms with Gasteiger partial charge in [-0.3, -0.25) is 4.79 Å². The van der Waals surface area contributed by atoms with Crippen molar-refractivity contribution < 1.29 is 4.79 Å². The summed E-state index contributed by atoms with van der Waals surface area (Å²) >= 11 is 19.3. The van der Waals surface area contributed by atoms with Crippen molar-refractivity contribution in [1.82, 2.24) is 0 Å². The Morgan fingerprint density at radius 1 is 1.00 bits per heavy atom. The van der Waals surface area contributed by atoms with Crippen molar-refractivity contribution in [3.05, 3.63) is 66.2 Å². The Labute approximate surface area is 144 Å². The maximum Gasteiger partial charge on any atom is 0.263 e. The monoisotopic (exact) mass is 353 g/mol. The third-order valence-electron chi connectivity index (χ3n) is 3.91. The van der Waals surface area contributed by atoms with E-state index >= 15 is 0 Å². The molecule has 2 nitrogen and oxygen atoms in total. The van der Waals surface area contributed by atoms with Gasteiger partial charge in [0.15, 0.2) is 0 Å². The lowest BCUT2D eigenvalue weighted by Gasteiger charge is -2.23. The number of nitrogens with zero attached hydrogens (tertiary/aromatic N) is 1. The number of carbonyl (C=O) groups is 1. The molecule has 1 saturated heterocycles. The first-order chi connectivity index (χ1) is 10.5. The molecule has 1 aliphatic heterocycles. The predicted octanol–water partition coefficient (Wildman–Crippen LogP) is 4.80. The number of amides is 1. The third kappa shape index (κ3) is 2.71. The molecule has 0 radical (unpaired) electrons. The largest absolute Gasteiger partial charge is 0.309 e. The molecule has 2 atom stereocenters. The Hall–Kier alpha value is -1.22. The van der Waals surface area contributed by atoms with Crippen LogP contribution in [0, 0.1) is 5.92 Å². The Morgan fingerprint density at radius 2 is 1.55 bits per heavy atom. The number of rotatable bonds is 3. The number of hydrogen-bond donors (Lipinski definition) is 0. The van der Waals surface area contributed by atoms with Crippen molar-refractivity contribution in [2.24, 2.45) is 5.92 Å². The van der Waals surface area contributed by atoms with Crippen LogP contribution in [0.2, 0.25) is 0 Å². The minimum absolute atomic E-state index is 0.325. The van der Waals surface area contributed by atoms with Crippen LogP contribution in [-0.2, 0) is 4.79 Å². The summed E-state index contributed by atoms with van der Waals surface area (Å²) in [7, 11) is 0. The lowest BCUT2D eigenvalue weighted by molar-refractivity contribution is -0.117. The summed E-state index contributed by atoms with van der Waals surface area (Å²) in [6.07, 6.45) is 0. The molecule has 0 bridgehead atoms. The lowest BCUT2D eigenvalue weighted by Crippen LogP contribution is -2.34. The SMILES string of the molecule is O=C1N(c2ccccc2)C[C@H](C(Cl)c2ccccc2)C1(Cl)Cl. The zero-order valence-electron chi connectivity index (χ0n) is 11.6. The van der Waals surface area contributed by atoms with Crippen molar-refractivity contribution in [3.8, 4) is 0 Å².